The first kappa shape index (κ1) is 16.3. The predicted molar refractivity (Wildman–Crippen MR) is 94.8 cm³/mol. The molecular weight excluding hydrogens is 324 g/mol. The number of carboxylic acid groups (broad SMARTS) is 1. The van der Waals surface area contributed by atoms with E-state index in [1.54, 1.807) is 0 Å². The highest BCUT2D eigenvalue weighted by Crippen LogP contribution is 2.29. The number of allylic oxidation sites excluding steroid dienone is 1. The standard InChI is InChI=1S/C20H17ClO3/c21-16-10-8-15(9-11-16)18(14-5-2-1-3-6-14)13-19-17(20(22)23)7-4-12-24-19/h1-3,5-6,8-11,13H,4,7,12H2,(H,22,23)/b18-13+. The zero-order chi connectivity index (χ0) is 16.9. The zero-order valence-corrected chi connectivity index (χ0v) is 13.8. The molecule has 1 aliphatic rings. The Bertz CT molecular complexity index is 789. The Balaban J connectivity index is 2.14. The molecule has 0 radical (unpaired) electrons. The number of hydrogen-bond acceptors (Lipinski definition) is 2. The molecule has 0 aliphatic carbocycles. The third-order valence-electron chi connectivity index (χ3n) is 3.90. The number of ether oxygens (including phenoxy) is 1. The lowest BCUT2D eigenvalue weighted by Crippen LogP contribution is -2.12. The molecule has 0 amide bonds. The molecule has 0 spiro atoms. The van der Waals surface area contributed by atoms with E-state index in [4.69, 9.17) is 16.3 Å². The molecule has 3 rings (SSSR count). The number of aliphatic carboxylic acids is 1. The minimum Gasteiger partial charge on any atom is -0.493 e. The van der Waals surface area contributed by atoms with Crippen molar-refractivity contribution in [2.75, 3.05) is 6.61 Å². The van der Waals surface area contributed by atoms with Crippen LogP contribution < -0.4 is 0 Å². The molecule has 2 aromatic rings. The van der Waals surface area contributed by atoms with Crippen LogP contribution in [0.2, 0.25) is 5.02 Å². The van der Waals surface area contributed by atoms with Gasteiger partial charge in [0.1, 0.15) is 5.76 Å². The summed E-state index contributed by atoms with van der Waals surface area (Å²) >= 11 is 5.99. The predicted octanol–water partition coefficient (Wildman–Crippen LogP) is 4.92. The molecule has 24 heavy (non-hydrogen) atoms. The smallest absolute Gasteiger partial charge is 0.335 e. The van der Waals surface area contributed by atoms with E-state index in [0.717, 1.165) is 23.1 Å². The van der Waals surface area contributed by atoms with E-state index >= 15 is 0 Å². The Morgan fingerprint density at radius 2 is 1.71 bits per heavy atom. The molecular formula is C20H17ClO3. The van der Waals surface area contributed by atoms with Crippen LogP contribution in [0.15, 0.2) is 72.0 Å². The van der Waals surface area contributed by atoms with E-state index in [2.05, 4.69) is 0 Å². The minimum absolute atomic E-state index is 0.323. The van der Waals surface area contributed by atoms with Crippen molar-refractivity contribution in [3.05, 3.63) is 88.2 Å². The SMILES string of the molecule is O=C(O)C1=C(/C=C(\c2ccccc2)c2ccc(Cl)cc2)OCCC1. The quantitative estimate of drug-likeness (QED) is 0.859. The fraction of sp³-hybridized carbons (Fsp3) is 0.150. The summed E-state index contributed by atoms with van der Waals surface area (Å²) in [5, 5.41) is 10.1. The van der Waals surface area contributed by atoms with Crippen molar-refractivity contribution >= 4 is 23.1 Å². The number of rotatable bonds is 4. The van der Waals surface area contributed by atoms with Crippen LogP contribution in [-0.4, -0.2) is 17.7 Å². The average Bonchev–Trinajstić information content (AvgIpc) is 2.61. The van der Waals surface area contributed by atoms with E-state index < -0.39 is 5.97 Å². The molecule has 0 saturated heterocycles. The fourth-order valence-corrected chi connectivity index (χ4v) is 2.82. The summed E-state index contributed by atoms with van der Waals surface area (Å²) in [6, 6.07) is 17.3. The maximum atomic E-state index is 11.5. The van der Waals surface area contributed by atoms with Gasteiger partial charge in [0, 0.05) is 5.02 Å². The second kappa shape index (κ2) is 7.37. The lowest BCUT2D eigenvalue weighted by Gasteiger charge is -2.18. The summed E-state index contributed by atoms with van der Waals surface area (Å²) in [6.07, 6.45) is 3.06. The van der Waals surface area contributed by atoms with Crippen LogP contribution in [0.5, 0.6) is 0 Å². The first-order chi connectivity index (χ1) is 11.6. The highest BCUT2D eigenvalue weighted by Gasteiger charge is 2.19. The summed E-state index contributed by atoms with van der Waals surface area (Å²) in [4.78, 5) is 11.5. The molecule has 0 saturated carbocycles. The van der Waals surface area contributed by atoms with Crippen molar-refractivity contribution in [2.24, 2.45) is 0 Å². The summed E-state index contributed by atoms with van der Waals surface area (Å²) in [5.41, 5.74) is 3.18. The van der Waals surface area contributed by atoms with Crippen LogP contribution in [-0.2, 0) is 9.53 Å². The normalized spacial score (nSPS) is 15.1. The van der Waals surface area contributed by atoms with E-state index in [-0.39, 0.29) is 0 Å². The number of carbonyl (C=O) groups is 1. The van der Waals surface area contributed by atoms with E-state index in [1.165, 1.54) is 0 Å². The van der Waals surface area contributed by atoms with Crippen LogP contribution in [0.1, 0.15) is 24.0 Å². The summed E-state index contributed by atoms with van der Waals surface area (Å²) in [5.74, 6) is -0.493. The number of benzene rings is 2. The Morgan fingerprint density at radius 3 is 2.38 bits per heavy atom. The molecule has 1 N–H and O–H groups in total. The van der Waals surface area contributed by atoms with Gasteiger partial charge in [-0.25, -0.2) is 4.79 Å². The second-order valence-corrected chi connectivity index (χ2v) is 5.97. The van der Waals surface area contributed by atoms with Crippen LogP contribution in [0.25, 0.3) is 5.57 Å². The first-order valence-electron chi connectivity index (χ1n) is 7.77. The summed E-state index contributed by atoms with van der Waals surface area (Å²) in [7, 11) is 0. The van der Waals surface area contributed by atoms with Crippen molar-refractivity contribution in [1.29, 1.82) is 0 Å². The van der Waals surface area contributed by atoms with Gasteiger partial charge < -0.3 is 9.84 Å². The van der Waals surface area contributed by atoms with Gasteiger partial charge in [-0.15, -0.1) is 0 Å². The second-order valence-electron chi connectivity index (χ2n) is 5.53. The minimum atomic E-state index is -0.926. The largest absolute Gasteiger partial charge is 0.493 e. The summed E-state index contributed by atoms with van der Waals surface area (Å²) in [6.45, 7) is 0.533. The molecule has 0 atom stereocenters. The van der Waals surface area contributed by atoms with Crippen LogP contribution in [0, 0.1) is 0 Å². The van der Waals surface area contributed by atoms with Crippen molar-refractivity contribution in [1.82, 2.24) is 0 Å². The highest BCUT2D eigenvalue weighted by molar-refractivity contribution is 6.30. The number of hydrogen-bond donors (Lipinski definition) is 1. The Labute approximate surface area is 145 Å². The summed E-state index contributed by atoms with van der Waals surface area (Å²) < 4.78 is 5.65. The van der Waals surface area contributed by atoms with Gasteiger partial charge in [-0.1, -0.05) is 54.1 Å². The van der Waals surface area contributed by atoms with Gasteiger partial charge in [0.05, 0.1) is 12.2 Å². The van der Waals surface area contributed by atoms with Gasteiger partial charge >= 0.3 is 5.97 Å². The highest BCUT2D eigenvalue weighted by atomic mass is 35.5. The molecule has 0 aromatic heterocycles. The Kier molecular flexibility index (Phi) is 5.02. The Morgan fingerprint density at radius 1 is 1.04 bits per heavy atom. The van der Waals surface area contributed by atoms with Crippen LogP contribution >= 0.6 is 11.6 Å². The maximum absolute atomic E-state index is 11.5. The van der Waals surface area contributed by atoms with Crippen LogP contribution in [0.3, 0.4) is 0 Å². The topological polar surface area (TPSA) is 46.5 Å². The van der Waals surface area contributed by atoms with Gasteiger partial charge in [0.15, 0.2) is 0 Å². The van der Waals surface area contributed by atoms with Gasteiger partial charge in [0.2, 0.25) is 0 Å². The molecule has 1 heterocycles. The van der Waals surface area contributed by atoms with Gasteiger partial charge in [-0.05, 0) is 47.8 Å². The number of halogens is 1. The molecule has 122 valence electrons. The van der Waals surface area contributed by atoms with E-state index in [1.807, 2.05) is 60.7 Å². The molecule has 0 bridgehead atoms. The lowest BCUT2D eigenvalue weighted by molar-refractivity contribution is -0.133. The van der Waals surface area contributed by atoms with Crippen LogP contribution in [0.4, 0.5) is 0 Å². The Hall–Kier alpha value is -2.52. The van der Waals surface area contributed by atoms with Crippen molar-refractivity contribution < 1.29 is 14.6 Å². The molecule has 2 aromatic carbocycles. The first-order valence-corrected chi connectivity index (χ1v) is 8.15. The molecule has 0 fully saturated rings. The zero-order valence-electron chi connectivity index (χ0n) is 13.0. The van der Waals surface area contributed by atoms with Crippen molar-refractivity contribution in [2.45, 2.75) is 12.8 Å². The van der Waals surface area contributed by atoms with E-state index in [0.29, 0.717) is 29.4 Å². The maximum Gasteiger partial charge on any atom is 0.335 e. The van der Waals surface area contributed by atoms with Crippen molar-refractivity contribution in [3.63, 3.8) is 0 Å². The molecule has 1 aliphatic heterocycles. The molecule has 4 heteroatoms. The molecule has 0 unspecified atom stereocenters. The third kappa shape index (κ3) is 3.69. The lowest BCUT2D eigenvalue weighted by atomic mass is 9.95. The third-order valence-corrected chi connectivity index (χ3v) is 4.15. The average molecular weight is 341 g/mol. The number of carboxylic acids is 1. The fourth-order valence-electron chi connectivity index (χ4n) is 2.69. The van der Waals surface area contributed by atoms with Gasteiger partial charge in [-0.2, -0.15) is 0 Å². The van der Waals surface area contributed by atoms with E-state index in [9.17, 15) is 9.90 Å². The van der Waals surface area contributed by atoms with Gasteiger partial charge in [-0.3, -0.25) is 0 Å². The van der Waals surface area contributed by atoms with Gasteiger partial charge in [0.25, 0.3) is 0 Å². The molecule has 3 nitrogen and oxygen atoms in total. The van der Waals surface area contributed by atoms with Crippen molar-refractivity contribution in [3.8, 4) is 0 Å². The monoisotopic (exact) mass is 340 g/mol.